The van der Waals surface area contributed by atoms with Gasteiger partial charge in [-0.3, -0.25) is 0 Å². The number of esters is 2. The minimum Gasteiger partial charge on any atom is -0.490 e. The van der Waals surface area contributed by atoms with Crippen LogP contribution in [0, 0.1) is 0 Å². The molecule has 0 fully saturated rings. The van der Waals surface area contributed by atoms with Crippen LogP contribution in [0.5, 0.6) is 11.5 Å². The van der Waals surface area contributed by atoms with E-state index >= 15 is 0 Å². The van der Waals surface area contributed by atoms with Crippen LogP contribution in [0.25, 0.3) is 22.6 Å². The summed E-state index contributed by atoms with van der Waals surface area (Å²) in [6.45, 7) is 8.89. The summed E-state index contributed by atoms with van der Waals surface area (Å²) >= 11 is 0. The van der Waals surface area contributed by atoms with E-state index < -0.39 is 11.9 Å². The maximum absolute atomic E-state index is 11.3. The van der Waals surface area contributed by atoms with Gasteiger partial charge in [0.1, 0.15) is 36.2 Å². The zero-order valence-corrected chi connectivity index (χ0v) is 17.1. The fraction of sp³-hybridized carbons (Fsp3) is 0.120. The summed E-state index contributed by atoms with van der Waals surface area (Å²) in [5, 5.41) is 0. The van der Waals surface area contributed by atoms with E-state index in [9.17, 15) is 9.59 Å². The lowest BCUT2D eigenvalue weighted by Crippen LogP contribution is -2.12. The molecule has 6 nitrogen and oxygen atoms in total. The molecule has 0 saturated carbocycles. The van der Waals surface area contributed by atoms with Gasteiger partial charge in [-0.1, -0.05) is 13.2 Å². The Morgan fingerprint density at radius 1 is 0.871 bits per heavy atom. The van der Waals surface area contributed by atoms with E-state index in [2.05, 4.69) is 13.2 Å². The Morgan fingerprint density at radius 2 is 1.42 bits per heavy atom. The summed E-state index contributed by atoms with van der Waals surface area (Å²) in [7, 11) is 0. The average molecular weight is 418 g/mol. The van der Waals surface area contributed by atoms with Gasteiger partial charge in [0, 0.05) is 22.8 Å². The van der Waals surface area contributed by atoms with Gasteiger partial charge < -0.3 is 18.6 Å². The Bertz CT molecular complexity index is 1070. The fourth-order valence-corrected chi connectivity index (χ4v) is 2.63. The van der Waals surface area contributed by atoms with Crippen molar-refractivity contribution in [3.05, 3.63) is 85.5 Å². The largest absolute Gasteiger partial charge is 0.490 e. The molecule has 0 amide bonds. The summed E-state index contributed by atoms with van der Waals surface area (Å²) in [5.74, 6) is 1.56. The first-order valence-corrected chi connectivity index (χ1v) is 9.56. The number of furan rings is 1. The van der Waals surface area contributed by atoms with Crippen LogP contribution in [0.4, 0.5) is 0 Å². The second-order valence-electron chi connectivity index (χ2n) is 6.60. The van der Waals surface area contributed by atoms with Gasteiger partial charge in [0.15, 0.2) is 0 Å². The smallest absolute Gasteiger partial charge is 0.335 e. The van der Waals surface area contributed by atoms with Gasteiger partial charge >= 0.3 is 11.9 Å². The van der Waals surface area contributed by atoms with E-state index in [-0.39, 0.29) is 13.2 Å². The van der Waals surface area contributed by atoms with E-state index in [1.807, 2.05) is 48.5 Å². The van der Waals surface area contributed by atoms with Crippen molar-refractivity contribution < 1.29 is 28.2 Å². The van der Waals surface area contributed by atoms with Crippen LogP contribution in [0.15, 0.2) is 89.9 Å². The Hall–Kier alpha value is -4.06. The van der Waals surface area contributed by atoms with Crippen molar-refractivity contribution in [1.29, 1.82) is 0 Å². The number of rotatable bonds is 9. The van der Waals surface area contributed by atoms with Crippen LogP contribution < -0.4 is 9.47 Å². The SMILES string of the molecule is C=CC(=O)Oc1ccc(-c2ccc(-c3ccc(OCCOC(=O)C(=C)C)cc3)o2)cc1. The van der Waals surface area contributed by atoms with Crippen molar-refractivity contribution in [3.63, 3.8) is 0 Å². The Kier molecular flexibility index (Phi) is 7.06. The molecule has 3 rings (SSSR count). The summed E-state index contributed by atoms with van der Waals surface area (Å²) < 4.78 is 21.6. The predicted molar refractivity (Wildman–Crippen MR) is 117 cm³/mol. The zero-order chi connectivity index (χ0) is 22.2. The predicted octanol–water partition coefficient (Wildman–Crippen LogP) is 5.20. The Balaban J connectivity index is 1.58. The highest BCUT2D eigenvalue weighted by atomic mass is 16.6. The Labute approximate surface area is 180 Å². The summed E-state index contributed by atoms with van der Waals surface area (Å²) in [6.07, 6.45) is 1.11. The van der Waals surface area contributed by atoms with E-state index in [4.69, 9.17) is 18.6 Å². The molecule has 2 aromatic carbocycles. The summed E-state index contributed by atoms with van der Waals surface area (Å²) in [4.78, 5) is 22.6. The lowest BCUT2D eigenvalue weighted by atomic mass is 10.1. The maximum Gasteiger partial charge on any atom is 0.335 e. The molecule has 0 aliphatic carbocycles. The third-order valence-corrected chi connectivity index (χ3v) is 4.20. The first kappa shape index (κ1) is 21.6. The van der Waals surface area contributed by atoms with Crippen LogP contribution in [-0.4, -0.2) is 25.2 Å². The molecular formula is C25H22O6. The lowest BCUT2D eigenvalue weighted by Gasteiger charge is -2.07. The monoisotopic (exact) mass is 418 g/mol. The van der Waals surface area contributed by atoms with Crippen LogP contribution in [0.2, 0.25) is 0 Å². The molecule has 158 valence electrons. The van der Waals surface area contributed by atoms with E-state index in [0.29, 0.717) is 28.6 Å². The molecule has 0 aliphatic heterocycles. The molecule has 1 heterocycles. The highest BCUT2D eigenvalue weighted by Crippen LogP contribution is 2.30. The molecule has 0 spiro atoms. The van der Waals surface area contributed by atoms with Crippen LogP contribution in [0.3, 0.4) is 0 Å². The number of hydrogen-bond acceptors (Lipinski definition) is 6. The molecule has 31 heavy (non-hydrogen) atoms. The Morgan fingerprint density at radius 3 is 1.94 bits per heavy atom. The average Bonchev–Trinajstić information content (AvgIpc) is 3.27. The highest BCUT2D eigenvalue weighted by molar-refractivity contribution is 5.86. The molecule has 1 aromatic heterocycles. The van der Waals surface area contributed by atoms with Crippen LogP contribution in [0.1, 0.15) is 6.92 Å². The molecule has 0 atom stereocenters. The summed E-state index contributed by atoms with van der Waals surface area (Å²) in [5.41, 5.74) is 2.10. The van der Waals surface area contributed by atoms with E-state index in [0.717, 1.165) is 17.2 Å². The zero-order valence-electron chi connectivity index (χ0n) is 17.1. The second-order valence-corrected chi connectivity index (χ2v) is 6.60. The number of ether oxygens (including phenoxy) is 3. The van der Waals surface area contributed by atoms with Crippen molar-refractivity contribution >= 4 is 11.9 Å². The summed E-state index contributed by atoms with van der Waals surface area (Å²) in [6, 6.07) is 18.2. The third-order valence-electron chi connectivity index (χ3n) is 4.20. The third kappa shape index (κ3) is 5.96. The van der Waals surface area contributed by atoms with Crippen molar-refractivity contribution in [2.75, 3.05) is 13.2 Å². The quantitative estimate of drug-likeness (QED) is 0.206. The number of hydrogen-bond donors (Lipinski definition) is 0. The van der Waals surface area contributed by atoms with Gasteiger partial charge in [0.05, 0.1) is 0 Å². The number of benzene rings is 2. The number of carbonyl (C=O) groups is 2. The number of carbonyl (C=O) groups excluding carboxylic acids is 2. The molecule has 3 aromatic rings. The highest BCUT2D eigenvalue weighted by Gasteiger charge is 2.09. The molecule has 0 radical (unpaired) electrons. The lowest BCUT2D eigenvalue weighted by molar-refractivity contribution is -0.139. The van der Waals surface area contributed by atoms with Gasteiger partial charge in [-0.25, -0.2) is 9.59 Å². The molecule has 0 N–H and O–H groups in total. The molecule has 0 bridgehead atoms. The van der Waals surface area contributed by atoms with Crippen molar-refractivity contribution in [1.82, 2.24) is 0 Å². The second kappa shape index (κ2) is 10.1. The molecule has 0 unspecified atom stereocenters. The standard InChI is InChI=1S/C25H22O6/c1-4-24(26)30-21-11-7-19(8-12-21)23-14-13-22(31-23)18-5-9-20(10-6-18)28-15-16-29-25(27)17(2)3/h4-14H,1-2,15-16H2,3H3. The van der Waals surface area contributed by atoms with Crippen molar-refractivity contribution in [2.45, 2.75) is 6.92 Å². The van der Waals surface area contributed by atoms with Crippen LogP contribution >= 0.6 is 0 Å². The maximum atomic E-state index is 11.3. The minimum absolute atomic E-state index is 0.153. The van der Waals surface area contributed by atoms with Crippen molar-refractivity contribution in [3.8, 4) is 34.1 Å². The van der Waals surface area contributed by atoms with Gasteiger partial charge in [0.2, 0.25) is 0 Å². The molecule has 6 heteroatoms. The molecule has 0 aliphatic rings. The van der Waals surface area contributed by atoms with E-state index in [1.54, 1.807) is 19.1 Å². The molecular weight excluding hydrogens is 396 g/mol. The van der Waals surface area contributed by atoms with E-state index in [1.165, 1.54) is 0 Å². The van der Waals surface area contributed by atoms with Gasteiger partial charge in [0.25, 0.3) is 0 Å². The first-order chi connectivity index (χ1) is 15.0. The fourth-order valence-electron chi connectivity index (χ4n) is 2.63. The van der Waals surface area contributed by atoms with Gasteiger partial charge in [-0.05, 0) is 67.6 Å². The van der Waals surface area contributed by atoms with Gasteiger partial charge in [-0.15, -0.1) is 0 Å². The minimum atomic E-state index is -0.506. The van der Waals surface area contributed by atoms with Crippen molar-refractivity contribution in [2.24, 2.45) is 0 Å². The van der Waals surface area contributed by atoms with Gasteiger partial charge in [-0.2, -0.15) is 0 Å². The first-order valence-electron chi connectivity index (χ1n) is 9.56. The molecule has 0 saturated heterocycles. The van der Waals surface area contributed by atoms with Crippen LogP contribution in [-0.2, 0) is 14.3 Å². The normalized spacial score (nSPS) is 10.2. The topological polar surface area (TPSA) is 75.0 Å².